The molecule has 1 aromatic carbocycles. The van der Waals surface area contributed by atoms with Crippen molar-refractivity contribution in [3.63, 3.8) is 0 Å². The number of benzene rings is 1. The van der Waals surface area contributed by atoms with Crippen LogP contribution < -0.4 is 0 Å². The number of carbonyl (C=O) groups is 2. The summed E-state index contributed by atoms with van der Waals surface area (Å²) in [4.78, 5) is 22.7. The molecule has 0 atom stereocenters. The molecular formula is C12H8O3S. The van der Waals surface area contributed by atoms with Crippen LogP contribution in [-0.2, 0) is 0 Å². The molecule has 80 valence electrons. The predicted molar refractivity (Wildman–Crippen MR) is 61.2 cm³/mol. The van der Waals surface area contributed by atoms with Crippen LogP contribution in [0, 0.1) is 0 Å². The van der Waals surface area contributed by atoms with Gasteiger partial charge in [-0.3, -0.25) is 4.79 Å². The first-order chi connectivity index (χ1) is 7.68. The van der Waals surface area contributed by atoms with Gasteiger partial charge in [0.15, 0.2) is 5.78 Å². The Labute approximate surface area is 96.0 Å². The van der Waals surface area contributed by atoms with E-state index in [2.05, 4.69) is 0 Å². The molecule has 1 heterocycles. The molecule has 1 aromatic heterocycles. The molecule has 0 saturated heterocycles. The summed E-state index contributed by atoms with van der Waals surface area (Å²) in [5.41, 5.74) is 0.992. The highest BCUT2D eigenvalue weighted by molar-refractivity contribution is 7.12. The zero-order valence-electron chi connectivity index (χ0n) is 8.21. The van der Waals surface area contributed by atoms with E-state index in [0.717, 1.165) is 11.3 Å². The van der Waals surface area contributed by atoms with E-state index < -0.39 is 5.97 Å². The highest BCUT2D eigenvalue weighted by atomic mass is 32.1. The number of rotatable bonds is 3. The summed E-state index contributed by atoms with van der Waals surface area (Å²) < 4.78 is 0. The summed E-state index contributed by atoms with van der Waals surface area (Å²) in [5.74, 6) is -1.15. The molecular weight excluding hydrogens is 224 g/mol. The number of hydrogen-bond acceptors (Lipinski definition) is 3. The fourth-order valence-corrected chi connectivity index (χ4v) is 2.05. The third-order valence-electron chi connectivity index (χ3n) is 2.11. The number of hydrogen-bond donors (Lipinski definition) is 1. The lowest BCUT2D eigenvalue weighted by Crippen LogP contribution is -1.99. The molecule has 2 aromatic rings. The molecule has 0 unspecified atom stereocenters. The minimum atomic E-state index is -1.00. The quantitative estimate of drug-likeness (QED) is 0.828. The molecule has 0 radical (unpaired) electrons. The smallest absolute Gasteiger partial charge is 0.345 e. The van der Waals surface area contributed by atoms with Crippen LogP contribution >= 0.6 is 11.3 Å². The van der Waals surface area contributed by atoms with Gasteiger partial charge in [-0.1, -0.05) is 30.3 Å². The van der Waals surface area contributed by atoms with E-state index in [4.69, 9.17) is 5.11 Å². The summed E-state index contributed by atoms with van der Waals surface area (Å²) >= 11 is 1.06. The van der Waals surface area contributed by atoms with Crippen molar-refractivity contribution in [3.05, 3.63) is 57.8 Å². The zero-order chi connectivity index (χ0) is 11.5. The van der Waals surface area contributed by atoms with Gasteiger partial charge in [-0.05, 0) is 6.07 Å². The van der Waals surface area contributed by atoms with Gasteiger partial charge in [-0.2, -0.15) is 0 Å². The van der Waals surface area contributed by atoms with Crippen molar-refractivity contribution < 1.29 is 14.7 Å². The number of carbonyl (C=O) groups excluding carboxylic acids is 1. The normalized spacial score (nSPS) is 10.0. The van der Waals surface area contributed by atoms with Crippen LogP contribution in [0.3, 0.4) is 0 Å². The van der Waals surface area contributed by atoms with E-state index in [0.29, 0.717) is 11.1 Å². The minimum absolute atomic E-state index is 0.149. The molecule has 0 aliphatic rings. The largest absolute Gasteiger partial charge is 0.477 e. The SMILES string of the molecule is O=C(c1ccccc1)c1csc(C(=O)O)c1. The van der Waals surface area contributed by atoms with Gasteiger partial charge in [-0.15, -0.1) is 11.3 Å². The number of ketones is 1. The topological polar surface area (TPSA) is 54.4 Å². The van der Waals surface area contributed by atoms with Crippen molar-refractivity contribution in [1.82, 2.24) is 0 Å². The molecule has 16 heavy (non-hydrogen) atoms. The molecule has 0 bridgehead atoms. The molecule has 0 amide bonds. The van der Waals surface area contributed by atoms with Crippen LogP contribution in [0.15, 0.2) is 41.8 Å². The second-order valence-electron chi connectivity index (χ2n) is 3.20. The van der Waals surface area contributed by atoms with E-state index in [9.17, 15) is 9.59 Å². The van der Waals surface area contributed by atoms with E-state index in [1.165, 1.54) is 6.07 Å². The lowest BCUT2D eigenvalue weighted by molar-refractivity contribution is 0.0702. The third-order valence-corrected chi connectivity index (χ3v) is 3.03. The Bertz CT molecular complexity index is 528. The predicted octanol–water partition coefficient (Wildman–Crippen LogP) is 2.68. The fraction of sp³-hybridized carbons (Fsp3) is 0. The number of carboxylic acids is 1. The van der Waals surface area contributed by atoms with Crippen LogP contribution in [0.25, 0.3) is 0 Å². The van der Waals surface area contributed by atoms with Crippen LogP contribution in [-0.4, -0.2) is 16.9 Å². The lowest BCUT2D eigenvalue weighted by atomic mass is 10.1. The van der Waals surface area contributed by atoms with Crippen molar-refractivity contribution in [2.45, 2.75) is 0 Å². The van der Waals surface area contributed by atoms with Gasteiger partial charge in [0.1, 0.15) is 4.88 Å². The van der Waals surface area contributed by atoms with Gasteiger partial charge in [0.25, 0.3) is 0 Å². The Morgan fingerprint density at radius 1 is 1.06 bits per heavy atom. The Balaban J connectivity index is 2.31. The molecule has 2 rings (SSSR count). The molecule has 0 aliphatic carbocycles. The number of thiophene rings is 1. The number of carboxylic acid groups (broad SMARTS) is 1. The average Bonchev–Trinajstić information content (AvgIpc) is 2.78. The summed E-state index contributed by atoms with van der Waals surface area (Å²) in [6.07, 6.45) is 0. The van der Waals surface area contributed by atoms with Crippen molar-refractivity contribution in [3.8, 4) is 0 Å². The monoisotopic (exact) mass is 232 g/mol. The van der Waals surface area contributed by atoms with E-state index in [1.54, 1.807) is 29.6 Å². The van der Waals surface area contributed by atoms with Gasteiger partial charge < -0.3 is 5.11 Å². The Hall–Kier alpha value is -1.94. The van der Waals surface area contributed by atoms with Crippen molar-refractivity contribution in [2.75, 3.05) is 0 Å². The van der Waals surface area contributed by atoms with Gasteiger partial charge in [0.2, 0.25) is 0 Å². The first-order valence-electron chi connectivity index (χ1n) is 4.60. The molecule has 1 N–H and O–H groups in total. The van der Waals surface area contributed by atoms with Gasteiger partial charge in [-0.25, -0.2) is 4.79 Å². The van der Waals surface area contributed by atoms with Crippen molar-refractivity contribution in [1.29, 1.82) is 0 Å². The molecule has 0 saturated carbocycles. The first kappa shape index (κ1) is 10.6. The average molecular weight is 232 g/mol. The molecule has 0 spiro atoms. The summed E-state index contributed by atoms with van der Waals surface area (Å²) in [7, 11) is 0. The van der Waals surface area contributed by atoms with E-state index in [1.807, 2.05) is 6.07 Å². The van der Waals surface area contributed by atoms with E-state index >= 15 is 0 Å². The highest BCUT2D eigenvalue weighted by Gasteiger charge is 2.13. The Morgan fingerprint density at radius 3 is 2.31 bits per heavy atom. The van der Waals surface area contributed by atoms with E-state index in [-0.39, 0.29) is 10.7 Å². The lowest BCUT2D eigenvalue weighted by Gasteiger charge is -1.96. The number of aromatic carboxylic acids is 1. The second kappa shape index (κ2) is 4.28. The van der Waals surface area contributed by atoms with Gasteiger partial charge in [0.05, 0.1) is 0 Å². The first-order valence-corrected chi connectivity index (χ1v) is 5.48. The van der Waals surface area contributed by atoms with Gasteiger partial charge >= 0.3 is 5.97 Å². The maximum atomic E-state index is 11.9. The third kappa shape index (κ3) is 2.01. The van der Waals surface area contributed by atoms with Gasteiger partial charge in [0, 0.05) is 16.5 Å². The maximum absolute atomic E-state index is 11.9. The highest BCUT2D eigenvalue weighted by Crippen LogP contribution is 2.18. The maximum Gasteiger partial charge on any atom is 0.345 e. The Morgan fingerprint density at radius 2 is 1.75 bits per heavy atom. The fourth-order valence-electron chi connectivity index (χ4n) is 1.32. The van der Waals surface area contributed by atoms with Crippen LogP contribution in [0.2, 0.25) is 0 Å². The minimum Gasteiger partial charge on any atom is -0.477 e. The molecule has 0 aliphatic heterocycles. The van der Waals surface area contributed by atoms with Crippen LogP contribution in [0.5, 0.6) is 0 Å². The zero-order valence-corrected chi connectivity index (χ0v) is 9.03. The molecule has 3 nitrogen and oxygen atoms in total. The molecule has 0 fully saturated rings. The standard InChI is InChI=1S/C12H8O3S/c13-11(8-4-2-1-3-5-8)9-6-10(12(14)15)16-7-9/h1-7H,(H,14,15). The van der Waals surface area contributed by atoms with Crippen LogP contribution in [0.4, 0.5) is 0 Å². The summed E-state index contributed by atoms with van der Waals surface area (Å²) in [5, 5.41) is 10.3. The Kier molecular flexibility index (Phi) is 2.83. The van der Waals surface area contributed by atoms with Crippen molar-refractivity contribution >= 4 is 23.1 Å². The van der Waals surface area contributed by atoms with Crippen molar-refractivity contribution in [2.24, 2.45) is 0 Å². The van der Waals surface area contributed by atoms with Crippen LogP contribution in [0.1, 0.15) is 25.6 Å². The molecule has 4 heteroatoms. The second-order valence-corrected chi connectivity index (χ2v) is 4.11. The summed E-state index contributed by atoms with van der Waals surface area (Å²) in [6, 6.07) is 10.2. The summed E-state index contributed by atoms with van der Waals surface area (Å²) in [6.45, 7) is 0.